The Kier molecular flexibility index (Phi) is 1.47. The molecule has 2 rings (SSSR count). The van der Waals surface area contributed by atoms with E-state index in [-0.39, 0.29) is 0 Å². The predicted octanol–water partition coefficient (Wildman–Crippen LogP) is 2.24. The maximum atomic E-state index is 2.31. The number of rotatable bonds is 0. The van der Waals surface area contributed by atoms with E-state index < -0.39 is 0 Å². The summed E-state index contributed by atoms with van der Waals surface area (Å²) in [6, 6.07) is 0. The van der Waals surface area contributed by atoms with Crippen LogP contribution in [0.15, 0.2) is 23.1 Å². The fraction of sp³-hybridized carbons (Fsp3) is 0.200. The van der Waals surface area contributed by atoms with E-state index in [1.165, 1.54) is 0 Å². The molecular formula is C5H4S2Se. The minimum atomic E-state index is 0.795. The Morgan fingerprint density at radius 2 is 2.62 bits per heavy atom. The van der Waals surface area contributed by atoms with Crippen LogP contribution in [0.1, 0.15) is 0 Å². The molecule has 0 nitrogen and oxygen atoms in total. The molecular weight excluding hydrogens is 203 g/mol. The number of allylic oxidation sites excluding steroid dienone is 4. The van der Waals surface area contributed by atoms with Crippen LogP contribution in [0.2, 0.25) is 4.82 Å². The Morgan fingerprint density at radius 3 is 3.50 bits per heavy atom. The van der Waals surface area contributed by atoms with E-state index in [4.69, 9.17) is 0 Å². The van der Waals surface area contributed by atoms with Crippen molar-refractivity contribution in [1.82, 2.24) is 0 Å². The van der Waals surface area contributed by atoms with Crippen LogP contribution in [-0.2, 0) is 0 Å². The van der Waals surface area contributed by atoms with Gasteiger partial charge in [-0.2, -0.15) is 0 Å². The molecule has 42 valence electrons. The second-order valence-corrected chi connectivity index (χ2v) is 8.34. The van der Waals surface area contributed by atoms with E-state index in [1.807, 2.05) is 20.0 Å². The second kappa shape index (κ2) is 2.14. The summed E-state index contributed by atoms with van der Waals surface area (Å²) in [6.45, 7) is 0. The van der Waals surface area contributed by atoms with Crippen LogP contribution in [-0.4, -0.2) is 13.8 Å². The van der Waals surface area contributed by atoms with E-state index in [0.717, 1.165) is 18.7 Å². The molecule has 0 saturated carbocycles. The minimum absolute atomic E-state index is 0.795. The predicted molar refractivity (Wildman–Crippen MR) is 41.9 cm³/mol. The molecule has 0 amide bonds. The Hall–Kier alpha value is 0.699. The molecule has 0 radical (unpaired) electrons. The molecule has 0 N–H and O–H groups in total. The van der Waals surface area contributed by atoms with Gasteiger partial charge in [-0.1, -0.05) is 0 Å². The summed E-state index contributed by atoms with van der Waals surface area (Å²) in [7, 11) is 3.98. The molecule has 1 heterocycles. The molecule has 2 aliphatic rings. The van der Waals surface area contributed by atoms with Crippen LogP contribution in [0.4, 0.5) is 0 Å². The fourth-order valence-corrected chi connectivity index (χ4v) is 8.96. The van der Waals surface area contributed by atoms with Crippen molar-refractivity contribution in [1.29, 1.82) is 0 Å². The molecule has 1 aliphatic heterocycles. The van der Waals surface area contributed by atoms with Crippen LogP contribution >= 0.6 is 20.0 Å². The maximum absolute atomic E-state index is 2.31. The molecule has 0 aromatic rings. The molecule has 0 spiro atoms. The molecule has 3 heteroatoms. The van der Waals surface area contributed by atoms with Crippen LogP contribution in [0, 0.1) is 0 Å². The van der Waals surface area contributed by atoms with Crippen molar-refractivity contribution >= 4 is 33.8 Å². The quantitative estimate of drug-likeness (QED) is 0.441. The molecule has 0 aromatic heterocycles. The van der Waals surface area contributed by atoms with Gasteiger partial charge in [0.25, 0.3) is 0 Å². The molecule has 8 heavy (non-hydrogen) atoms. The van der Waals surface area contributed by atoms with Gasteiger partial charge in [0, 0.05) is 0 Å². The van der Waals surface area contributed by atoms with Crippen molar-refractivity contribution in [3.63, 3.8) is 0 Å². The summed E-state index contributed by atoms with van der Waals surface area (Å²) < 4.78 is 0. The van der Waals surface area contributed by atoms with Crippen molar-refractivity contribution < 1.29 is 0 Å². The molecule has 1 saturated heterocycles. The van der Waals surface area contributed by atoms with Gasteiger partial charge in [0.2, 0.25) is 0 Å². The van der Waals surface area contributed by atoms with Gasteiger partial charge in [-0.05, 0) is 0 Å². The Bertz CT molecular complexity index is 162. The van der Waals surface area contributed by atoms with Gasteiger partial charge in [-0.25, -0.2) is 0 Å². The van der Waals surface area contributed by atoms with Crippen molar-refractivity contribution in [3.05, 3.63) is 23.1 Å². The van der Waals surface area contributed by atoms with Crippen molar-refractivity contribution in [2.24, 2.45) is 0 Å². The monoisotopic (exact) mass is 208 g/mol. The first-order valence-electron chi connectivity index (χ1n) is 2.35. The van der Waals surface area contributed by atoms with Gasteiger partial charge < -0.3 is 0 Å². The summed E-state index contributed by atoms with van der Waals surface area (Å²) in [6.07, 6.45) is 6.72. The van der Waals surface area contributed by atoms with Crippen molar-refractivity contribution in [2.75, 3.05) is 0 Å². The zero-order valence-electron chi connectivity index (χ0n) is 4.03. The first-order chi connectivity index (χ1) is 3.97. The summed E-state index contributed by atoms with van der Waals surface area (Å²) in [5.41, 5.74) is 0. The molecule has 1 fully saturated rings. The van der Waals surface area contributed by atoms with Gasteiger partial charge in [0.1, 0.15) is 0 Å². The van der Waals surface area contributed by atoms with E-state index in [2.05, 4.69) is 18.2 Å². The summed E-state index contributed by atoms with van der Waals surface area (Å²) in [4.78, 5) is 2.42. The Balaban J connectivity index is 2.29. The van der Waals surface area contributed by atoms with E-state index in [1.54, 1.807) is 4.91 Å². The van der Waals surface area contributed by atoms with Gasteiger partial charge in [-0.15, -0.1) is 0 Å². The Labute approximate surface area is 61.8 Å². The number of hydrogen-bond acceptors (Lipinski definition) is 2. The van der Waals surface area contributed by atoms with Gasteiger partial charge in [0.05, 0.1) is 0 Å². The first-order valence-corrected chi connectivity index (χ1v) is 7.51. The third kappa shape index (κ3) is 0.780. The van der Waals surface area contributed by atoms with Crippen molar-refractivity contribution in [3.8, 4) is 0 Å². The molecule has 1 atom stereocenters. The summed E-state index contributed by atoms with van der Waals surface area (Å²) in [5.74, 6) is 0. The zero-order chi connectivity index (χ0) is 5.40. The van der Waals surface area contributed by atoms with Gasteiger partial charge >= 0.3 is 61.8 Å². The normalized spacial score (nSPS) is 33.0. The van der Waals surface area contributed by atoms with E-state index in [9.17, 15) is 0 Å². The van der Waals surface area contributed by atoms with Crippen LogP contribution in [0.25, 0.3) is 0 Å². The van der Waals surface area contributed by atoms with Gasteiger partial charge in [0.15, 0.2) is 0 Å². The van der Waals surface area contributed by atoms with Crippen LogP contribution in [0.3, 0.4) is 0 Å². The molecule has 0 aromatic carbocycles. The fourth-order valence-electron chi connectivity index (χ4n) is 0.697. The topological polar surface area (TPSA) is 0 Å². The van der Waals surface area contributed by atoms with Crippen molar-refractivity contribution in [2.45, 2.75) is 4.82 Å². The van der Waals surface area contributed by atoms with Gasteiger partial charge in [-0.3, -0.25) is 0 Å². The standard InChI is InChI=1S/C5H4S2Se/c1-2-4-5(3-1)8-7-6-4/h1-3,5H. The third-order valence-corrected chi connectivity index (χ3v) is 8.33. The zero-order valence-corrected chi connectivity index (χ0v) is 7.38. The van der Waals surface area contributed by atoms with E-state index in [0.29, 0.717) is 0 Å². The SMILES string of the molecule is C1=CC2[Se]SSC2=C1. The summed E-state index contributed by atoms with van der Waals surface area (Å²) >= 11 is 0.795. The second-order valence-electron chi connectivity index (χ2n) is 1.62. The molecule has 1 aliphatic carbocycles. The first kappa shape index (κ1) is 5.48. The number of hydrogen-bond donors (Lipinski definition) is 0. The average Bonchev–Trinajstić information content (AvgIpc) is 2.15. The molecule has 1 unspecified atom stereocenters. The van der Waals surface area contributed by atoms with Crippen LogP contribution < -0.4 is 0 Å². The average molecular weight is 207 g/mol. The Morgan fingerprint density at radius 1 is 1.62 bits per heavy atom. The summed E-state index contributed by atoms with van der Waals surface area (Å²) in [5, 5.41) is 0. The van der Waals surface area contributed by atoms with E-state index >= 15 is 0 Å². The van der Waals surface area contributed by atoms with Crippen LogP contribution in [0.5, 0.6) is 0 Å². The number of fused-ring (bicyclic) bond motifs is 1. The molecule has 0 bridgehead atoms. The third-order valence-electron chi connectivity index (χ3n) is 1.10.